The predicted molar refractivity (Wildman–Crippen MR) is 68.6 cm³/mol. The molecule has 1 aliphatic rings. The Kier molecular flexibility index (Phi) is 6.04. The largest absolute Gasteiger partial charge is 0.300 e. The molecule has 0 bridgehead atoms. The lowest BCUT2D eigenvalue weighted by molar-refractivity contribution is -0.121. The van der Waals surface area contributed by atoms with Crippen LogP contribution in [-0.4, -0.2) is 29.3 Å². The molecule has 1 rings (SSSR count). The van der Waals surface area contributed by atoms with Gasteiger partial charge in [-0.15, -0.1) is 0 Å². The Morgan fingerprint density at radius 3 is 2.38 bits per heavy atom. The lowest BCUT2D eigenvalue weighted by atomic mass is 9.92. The van der Waals surface area contributed by atoms with E-state index >= 15 is 0 Å². The molecule has 0 saturated heterocycles. The van der Waals surface area contributed by atoms with Crippen LogP contribution in [0, 0.1) is 0 Å². The van der Waals surface area contributed by atoms with Crippen LogP contribution in [0.15, 0.2) is 0 Å². The number of Topliss-reactive ketones (excluding diaryl/α,β-unsaturated/α-hetero) is 1. The second-order valence-corrected chi connectivity index (χ2v) is 5.31. The summed E-state index contributed by atoms with van der Waals surface area (Å²) in [7, 11) is 0. The summed E-state index contributed by atoms with van der Waals surface area (Å²) >= 11 is 0. The van der Waals surface area contributed by atoms with Gasteiger partial charge >= 0.3 is 0 Å². The van der Waals surface area contributed by atoms with Crippen molar-refractivity contribution in [3.63, 3.8) is 0 Å². The van der Waals surface area contributed by atoms with Crippen LogP contribution >= 0.6 is 0 Å². The molecule has 0 amide bonds. The lowest BCUT2D eigenvalue weighted by Gasteiger charge is -2.37. The number of nitrogens with zero attached hydrogens (tertiary/aromatic N) is 1. The molecule has 94 valence electrons. The van der Waals surface area contributed by atoms with E-state index in [1.54, 1.807) is 0 Å². The molecular weight excluding hydrogens is 198 g/mol. The molecule has 0 spiro atoms. The van der Waals surface area contributed by atoms with Gasteiger partial charge in [-0.3, -0.25) is 9.69 Å². The average Bonchev–Trinajstić information content (AvgIpc) is 2.26. The predicted octanol–water partition coefficient (Wildman–Crippen LogP) is 3.40. The van der Waals surface area contributed by atoms with Gasteiger partial charge in [0.1, 0.15) is 5.78 Å². The second kappa shape index (κ2) is 7.05. The van der Waals surface area contributed by atoms with Crippen LogP contribution in [-0.2, 0) is 4.79 Å². The summed E-state index contributed by atoms with van der Waals surface area (Å²) in [5, 5.41) is 0. The molecule has 0 aromatic heterocycles. The zero-order valence-electron chi connectivity index (χ0n) is 11.2. The quantitative estimate of drug-likeness (QED) is 0.646. The van der Waals surface area contributed by atoms with Crippen molar-refractivity contribution in [2.75, 3.05) is 6.54 Å². The molecule has 0 heterocycles. The monoisotopic (exact) mass is 225 g/mol. The maximum Gasteiger partial charge on any atom is 0.133 e. The molecule has 0 aromatic rings. The summed E-state index contributed by atoms with van der Waals surface area (Å²) in [6.07, 6.45) is 7.71. The Labute approximate surface area is 100 Å². The number of hydrogen-bond donors (Lipinski definition) is 0. The van der Waals surface area contributed by atoms with Gasteiger partial charge in [-0.05, 0) is 39.7 Å². The van der Waals surface area contributed by atoms with Crippen LogP contribution in [0.5, 0.6) is 0 Å². The van der Waals surface area contributed by atoms with E-state index in [1.807, 2.05) is 0 Å². The highest BCUT2D eigenvalue weighted by atomic mass is 16.1. The van der Waals surface area contributed by atoms with E-state index in [1.165, 1.54) is 25.8 Å². The van der Waals surface area contributed by atoms with E-state index in [4.69, 9.17) is 0 Å². The normalized spacial score (nSPS) is 18.7. The van der Waals surface area contributed by atoms with Crippen LogP contribution in [0.1, 0.15) is 65.7 Å². The third-order valence-electron chi connectivity index (χ3n) is 3.66. The number of unbranched alkanes of at least 4 members (excludes halogenated alkanes) is 2. The highest BCUT2D eigenvalue weighted by Crippen LogP contribution is 2.22. The SMILES string of the molecule is CCCCCN(C(C)C)C1CCC(=O)CC1. The van der Waals surface area contributed by atoms with Gasteiger partial charge in [0, 0.05) is 24.9 Å². The zero-order valence-corrected chi connectivity index (χ0v) is 11.2. The molecule has 0 unspecified atom stereocenters. The Balaban J connectivity index is 2.39. The van der Waals surface area contributed by atoms with Crippen molar-refractivity contribution in [3.05, 3.63) is 0 Å². The maximum atomic E-state index is 11.2. The van der Waals surface area contributed by atoms with E-state index in [0.717, 1.165) is 25.7 Å². The van der Waals surface area contributed by atoms with Gasteiger partial charge in [-0.2, -0.15) is 0 Å². The Morgan fingerprint density at radius 2 is 1.88 bits per heavy atom. The van der Waals surface area contributed by atoms with Crippen molar-refractivity contribution in [2.45, 2.75) is 77.8 Å². The Hall–Kier alpha value is -0.370. The average molecular weight is 225 g/mol. The van der Waals surface area contributed by atoms with E-state index in [-0.39, 0.29) is 0 Å². The van der Waals surface area contributed by atoms with E-state index in [2.05, 4.69) is 25.7 Å². The van der Waals surface area contributed by atoms with Gasteiger partial charge in [0.05, 0.1) is 0 Å². The van der Waals surface area contributed by atoms with Gasteiger partial charge in [-0.1, -0.05) is 19.8 Å². The first kappa shape index (κ1) is 13.7. The lowest BCUT2D eigenvalue weighted by Crippen LogP contribution is -2.43. The van der Waals surface area contributed by atoms with Crippen LogP contribution in [0.3, 0.4) is 0 Å². The molecule has 0 N–H and O–H groups in total. The van der Waals surface area contributed by atoms with Crippen molar-refractivity contribution in [3.8, 4) is 0 Å². The molecule has 16 heavy (non-hydrogen) atoms. The zero-order chi connectivity index (χ0) is 12.0. The van der Waals surface area contributed by atoms with Crippen molar-refractivity contribution < 1.29 is 4.79 Å². The van der Waals surface area contributed by atoms with Gasteiger partial charge < -0.3 is 0 Å². The highest BCUT2D eigenvalue weighted by Gasteiger charge is 2.25. The number of rotatable bonds is 6. The molecule has 1 fully saturated rings. The maximum absolute atomic E-state index is 11.2. The first-order valence-corrected chi connectivity index (χ1v) is 6.92. The number of carbonyl (C=O) groups excluding carboxylic acids is 1. The molecular formula is C14H27NO. The summed E-state index contributed by atoms with van der Waals surface area (Å²) in [4.78, 5) is 13.9. The Morgan fingerprint density at radius 1 is 1.25 bits per heavy atom. The third kappa shape index (κ3) is 4.25. The van der Waals surface area contributed by atoms with Gasteiger partial charge in [-0.25, -0.2) is 0 Å². The van der Waals surface area contributed by atoms with Crippen molar-refractivity contribution in [1.29, 1.82) is 0 Å². The first-order chi connectivity index (χ1) is 7.65. The van der Waals surface area contributed by atoms with Gasteiger partial charge in [0.25, 0.3) is 0 Å². The number of hydrogen-bond acceptors (Lipinski definition) is 2. The van der Waals surface area contributed by atoms with Crippen LogP contribution in [0.4, 0.5) is 0 Å². The van der Waals surface area contributed by atoms with Gasteiger partial charge in [0.2, 0.25) is 0 Å². The molecule has 0 radical (unpaired) electrons. The topological polar surface area (TPSA) is 20.3 Å². The fourth-order valence-electron chi connectivity index (χ4n) is 2.66. The second-order valence-electron chi connectivity index (χ2n) is 5.31. The van der Waals surface area contributed by atoms with Crippen LogP contribution in [0.2, 0.25) is 0 Å². The summed E-state index contributed by atoms with van der Waals surface area (Å²) < 4.78 is 0. The van der Waals surface area contributed by atoms with E-state index in [0.29, 0.717) is 17.9 Å². The highest BCUT2D eigenvalue weighted by molar-refractivity contribution is 5.79. The van der Waals surface area contributed by atoms with Crippen LogP contribution < -0.4 is 0 Å². The summed E-state index contributed by atoms with van der Waals surface area (Å²) in [5.41, 5.74) is 0. The Bertz CT molecular complexity index is 203. The first-order valence-electron chi connectivity index (χ1n) is 6.92. The standard InChI is InChI=1S/C14H27NO/c1-4-5-6-11-15(12(2)3)13-7-9-14(16)10-8-13/h12-13H,4-11H2,1-3H3. The van der Waals surface area contributed by atoms with Gasteiger partial charge in [0.15, 0.2) is 0 Å². The number of ketones is 1. The molecule has 2 nitrogen and oxygen atoms in total. The summed E-state index contributed by atoms with van der Waals surface area (Å²) in [6, 6.07) is 1.28. The molecule has 1 saturated carbocycles. The number of carbonyl (C=O) groups is 1. The molecule has 0 atom stereocenters. The minimum Gasteiger partial charge on any atom is -0.300 e. The molecule has 0 aliphatic heterocycles. The molecule has 0 aromatic carbocycles. The summed E-state index contributed by atoms with van der Waals surface area (Å²) in [6.45, 7) is 8.02. The molecule has 2 heteroatoms. The van der Waals surface area contributed by atoms with Crippen molar-refractivity contribution in [2.24, 2.45) is 0 Å². The fraction of sp³-hybridized carbons (Fsp3) is 0.929. The minimum atomic E-state index is 0.466. The van der Waals surface area contributed by atoms with E-state index in [9.17, 15) is 4.79 Å². The van der Waals surface area contributed by atoms with Crippen molar-refractivity contribution in [1.82, 2.24) is 4.90 Å². The smallest absolute Gasteiger partial charge is 0.133 e. The minimum absolute atomic E-state index is 0.466. The fourth-order valence-corrected chi connectivity index (χ4v) is 2.66. The summed E-state index contributed by atoms with van der Waals surface area (Å²) in [5.74, 6) is 0.466. The van der Waals surface area contributed by atoms with Crippen LogP contribution in [0.25, 0.3) is 0 Å². The third-order valence-corrected chi connectivity index (χ3v) is 3.66. The van der Waals surface area contributed by atoms with Crippen molar-refractivity contribution >= 4 is 5.78 Å². The van der Waals surface area contributed by atoms with E-state index < -0.39 is 0 Å². The molecule has 1 aliphatic carbocycles.